The van der Waals surface area contributed by atoms with Gasteiger partial charge in [-0.2, -0.15) is 13.2 Å². The Morgan fingerprint density at radius 1 is 1.21 bits per heavy atom. The molecule has 0 bridgehead atoms. The molecule has 2 rings (SSSR count). The standard InChI is InChI=1S/C16H14BrF3N2O2/c1-24-14-6-5-12(17)8-13(14)22-15(23)21-9-10-3-2-4-11(7-10)16(18,19)20/h2-8H,9H2,1H3,(H2,21,22,23). The molecule has 2 aromatic carbocycles. The van der Waals surface area contributed by atoms with E-state index in [4.69, 9.17) is 4.74 Å². The highest BCUT2D eigenvalue weighted by Gasteiger charge is 2.30. The summed E-state index contributed by atoms with van der Waals surface area (Å²) in [6, 6.07) is 9.32. The van der Waals surface area contributed by atoms with Gasteiger partial charge < -0.3 is 15.4 Å². The fraction of sp³-hybridized carbons (Fsp3) is 0.188. The third-order valence-electron chi connectivity index (χ3n) is 3.12. The molecule has 0 fully saturated rings. The summed E-state index contributed by atoms with van der Waals surface area (Å²) in [6.07, 6.45) is -4.41. The van der Waals surface area contributed by atoms with Gasteiger partial charge in [-0.05, 0) is 35.9 Å². The Morgan fingerprint density at radius 3 is 2.62 bits per heavy atom. The molecule has 2 aromatic rings. The minimum Gasteiger partial charge on any atom is -0.495 e. The van der Waals surface area contributed by atoms with Crippen molar-refractivity contribution < 1.29 is 22.7 Å². The molecule has 0 aliphatic carbocycles. The van der Waals surface area contributed by atoms with Gasteiger partial charge in [-0.3, -0.25) is 0 Å². The van der Waals surface area contributed by atoms with Crippen LogP contribution in [0.1, 0.15) is 11.1 Å². The van der Waals surface area contributed by atoms with Gasteiger partial charge in [0.1, 0.15) is 5.75 Å². The van der Waals surface area contributed by atoms with Gasteiger partial charge in [-0.15, -0.1) is 0 Å². The van der Waals surface area contributed by atoms with Gasteiger partial charge in [0.2, 0.25) is 0 Å². The molecule has 0 saturated heterocycles. The second-order valence-electron chi connectivity index (χ2n) is 4.85. The van der Waals surface area contributed by atoms with Crippen molar-refractivity contribution in [3.63, 3.8) is 0 Å². The lowest BCUT2D eigenvalue weighted by Gasteiger charge is -2.12. The maximum Gasteiger partial charge on any atom is 0.416 e. The fourth-order valence-electron chi connectivity index (χ4n) is 1.98. The van der Waals surface area contributed by atoms with Crippen LogP contribution in [0.5, 0.6) is 5.75 Å². The lowest BCUT2D eigenvalue weighted by Crippen LogP contribution is -2.28. The maximum atomic E-state index is 12.7. The van der Waals surface area contributed by atoms with Crippen molar-refractivity contribution in [2.45, 2.75) is 12.7 Å². The second kappa shape index (κ2) is 7.57. The summed E-state index contributed by atoms with van der Waals surface area (Å²) in [5.41, 5.74) is 0.0328. The minimum atomic E-state index is -4.41. The monoisotopic (exact) mass is 402 g/mol. The number of methoxy groups -OCH3 is 1. The molecule has 0 aliphatic heterocycles. The van der Waals surface area contributed by atoms with E-state index in [1.807, 2.05) is 0 Å². The smallest absolute Gasteiger partial charge is 0.416 e. The highest BCUT2D eigenvalue weighted by molar-refractivity contribution is 9.10. The summed E-state index contributed by atoms with van der Waals surface area (Å²) in [6.45, 7) is -0.0356. The van der Waals surface area contributed by atoms with Crippen molar-refractivity contribution in [2.24, 2.45) is 0 Å². The third kappa shape index (κ3) is 4.89. The van der Waals surface area contributed by atoms with Crippen LogP contribution in [0.25, 0.3) is 0 Å². The highest BCUT2D eigenvalue weighted by atomic mass is 79.9. The van der Waals surface area contributed by atoms with Crippen molar-refractivity contribution in [3.05, 3.63) is 58.1 Å². The number of carbonyl (C=O) groups is 1. The predicted octanol–water partition coefficient (Wildman–Crippen LogP) is 4.80. The lowest BCUT2D eigenvalue weighted by atomic mass is 10.1. The van der Waals surface area contributed by atoms with E-state index in [1.54, 1.807) is 18.2 Å². The summed E-state index contributed by atoms with van der Waals surface area (Å²) in [5, 5.41) is 5.10. The van der Waals surface area contributed by atoms with Crippen molar-refractivity contribution in [1.29, 1.82) is 0 Å². The number of anilines is 1. The van der Waals surface area contributed by atoms with Crippen LogP contribution in [-0.2, 0) is 12.7 Å². The zero-order chi connectivity index (χ0) is 17.7. The largest absolute Gasteiger partial charge is 0.495 e. The number of rotatable bonds is 4. The summed E-state index contributed by atoms with van der Waals surface area (Å²) < 4.78 is 43.8. The Bertz CT molecular complexity index is 736. The quantitative estimate of drug-likeness (QED) is 0.771. The first kappa shape index (κ1) is 18.1. The Kier molecular flexibility index (Phi) is 5.71. The number of halogens is 4. The molecule has 8 heteroatoms. The summed E-state index contributed by atoms with van der Waals surface area (Å²) in [5.74, 6) is 0.465. The first-order valence-electron chi connectivity index (χ1n) is 6.84. The molecular formula is C16H14BrF3N2O2. The van der Waals surface area contributed by atoms with Crippen LogP contribution in [0, 0.1) is 0 Å². The fourth-order valence-corrected chi connectivity index (χ4v) is 2.35. The normalized spacial score (nSPS) is 11.0. The molecule has 0 atom stereocenters. The number of benzene rings is 2. The molecule has 0 aromatic heterocycles. The number of nitrogens with one attached hydrogen (secondary N) is 2. The van der Waals surface area contributed by atoms with Gasteiger partial charge in [-0.25, -0.2) is 4.79 Å². The number of amides is 2. The molecule has 0 radical (unpaired) electrons. The van der Waals surface area contributed by atoms with Crippen LogP contribution < -0.4 is 15.4 Å². The van der Waals surface area contributed by atoms with E-state index in [0.29, 0.717) is 17.0 Å². The molecule has 0 spiro atoms. The Balaban J connectivity index is 2.00. The zero-order valence-electron chi connectivity index (χ0n) is 12.6. The van der Waals surface area contributed by atoms with Gasteiger partial charge in [0.25, 0.3) is 0 Å². The topological polar surface area (TPSA) is 50.4 Å². The molecular weight excluding hydrogens is 389 g/mol. The van der Waals surface area contributed by atoms with Crippen LogP contribution in [0.2, 0.25) is 0 Å². The maximum absolute atomic E-state index is 12.7. The average Bonchev–Trinajstić information content (AvgIpc) is 2.53. The van der Waals surface area contributed by atoms with Crippen LogP contribution in [-0.4, -0.2) is 13.1 Å². The van der Waals surface area contributed by atoms with E-state index in [2.05, 4.69) is 26.6 Å². The van der Waals surface area contributed by atoms with Gasteiger partial charge in [-0.1, -0.05) is 28.1 Å². The molecule has 2 amide bonds. The van der Waals surface area contributed by atoms with Gasteiger partial charge >= 0.3 is 12.2 Å². The van der Waals surface area contributed by atoms with E-state index in [0.717, 1.165) is 16.6 Å². The zero-order valence-corrected chi connectivity index (χ0v) is 14.2. The number of alkyl halides is 3. The van der Waals surface area contributed by atoms with Crippen LogP contribution in [0.4, 0.5) is 23.7 Å². The summed E-state index contributed by atoms with van der Waals surface area (Å²) >= 11 is 3.28. The molecule has 0 aliphatic rings. The summed E-state index contributed by atoms with van der Waals surface area (Å²) in [7, 11) is 1.47. The van der Waals surface area contributed by atoms with Crippen molar-refractivity contribution in [2.75, 3.05) is 12.4 Å². The number of hydrogen-bond donors (Lipinski definition) is 2. The number of ether oxygens (including phenoxy) is 1. The Morgan fingerprint density at radius 2 is 1.96 bits per heavy atom. The van der Waals surface area contributed by atoms with Gasteiger partial charge in [0.15, 0.2) is 0 Å². The molecule has 0 unspecified atom stereocenters. The van der Waals surface area contributed by atoms with Crippen molar-refractivity contribution in [3.8, 4) is 5.75 Å². The first-order chi connectivity index (χ1) is 11.3. The number of carbonyl (C=O) groups excluding carboxylic acids is 1. The van der Waals surface area contributed by atoms with E-state index >= 15 is 0 Å². The van der Waals surface area contributed by atoms with E-state index in [9.17, 15) is 18.0 Å². The van der Waals surface area contributed by atoms with Crippen LogP contribution in [0.3, 0.4) is 0 Å². The molecule has 24 heavy (non-hydrogen) atoms. The second-order valence-corrected chi connectivity index (χ2v) is 5.77. The van der Waals surface area contributed by atoms with E-state index in [-0.39, 0.29) is 6.54 Å². The van der Waals surface area contributed by atoms with Gasteiger partial charge in [0.05, 0.1) is 18.4 Å². The van der Waals surface area contributed by atoms with Crippen LogP contribution in [0.15, 0.2) is 46.9 Å². The Labute approximate surface area is 145 Å². The van der Waals surface area contributed by atoms with Crippen molar-refractivity contribution in [1.82, 2.24) is 5.32 Å². The minimum absolute atomic E-state index is 0.0356. The first-order valence-corrected chi connectivity index (χ1v) is 7.63. The number of urea groups is 1. The molecule has 128 valence electrons. The van der Waals surface area contributed by atoms with Crippen molar-refractivity contribution >= 4 is 27.6 Å². The predicted molar refractivity (Wildman–Crippen MR) is 88.0 cm³/mol. The molecule has 0 saturated carbocycles. The number of hydrogen-bond acceptors (Lipinski definition) is 2. The SMILES string of the molecule is COc1ccc(Br)cc1NC(=O)NCc1cccc(C(F)(F)F)c1. The van der Waals surface area contributed by atoms with E-state index in [1.165, 1.54) is 19.2 Å². The molecule has 4 nitrogen and oxygen atoms in total. The molecule has 0 heterocycles. The van der Waals surface area contributed by atoms with Crippen LogP contribution >= 0.6 is 15.9 Å². The Hall–Kier alpha value is -2.22. The summed E-state index contributed by atoms with van der Waals surface area (Å²) in [4.78, 5) is 11.9. The van der Waals surface area contributed by atoms with E-state index < -0.39 is 17.8 Å². The lowest BCUT2D eigenvalue weighted by molar-refractivity contribution is -0.137. The average molecular weight is 403 g/mol. The third-order valence-corrected chi connectivity index (χ3v) is 3.61. The highest BCUT2D eigenvalue weighted by Crippen LogP contribution is 2.30. The van der Waals surface area contributed by atoms with Gasteiger partial charge in [0, 0.05) is 11.0 Å². The molecule has 2 N–H and O–H groups in total.